The second-order valence-corrected chi connectivity index (χ2v) is 9.16. The fourth-order valence-electron chi connectivity index (χ4n) is 5.71. The van der Waals surface area contributed by atoms with Crippen LogP contribution in [0.3, 0.4) is 0 Å². The molecule has 1 fully saturated rings. The molecule has 1 aromatic carbocycles. The van der Waals surface area contributed by atoms with E-state index >= 15 is 0 Å². The van der Waals surface area contributed by atoms with Crippen molar-refractivity contribution in [2.75, 3.05) is 0 Å². The summed E-state index contributed by atoms with van der Waals surface area (Å²) >= 11 is 0. The molecule has 2 aliphatic carbocycles. The van der Waals surface area contributed by atoms with Crippen LogP contribution in [0.5, 0.6) is 0 Å². The van der Waals surface area contributed by atoms with Gasteiger partial charge >= 0.3 is 0 Å². The summed E-state index contributed by atoms with van der Waals surface area (Å²) in [5.41, 5.74) is 7.59. The zero-order chi connectivity index (χ0) is 23.1. The summed E-state index contributed by atoms with van der Waals surface area (Å²) < 4.78 is 0. The Morgan fingerprint density at radius 1 is 1.06 bits per heavy atom. The molecule has 0 spiro atoms. The van der Waals surface area contributed by atoms with Crippen molar-refractivity contribution in [2.24, 2.45) is 23.7 Å². The Kier molecular flexibility index (Phi) is 8.90. The molecule has 3 heteroatoms. The van der Waals surface area contributed by atoms with Gasteiger partial charge in [0.25, 0.3) is 0 Å². The van der Waals surface area contributed by atoms with E-state index < -0.39 is 0 Å². The third-order valence-electron chi connectivity index (χ3n) is 7.30. The van der Waals surface area contributed by atoms with Crippen LogP contribution in [0.15, 0.2) is 47.9 Å². The molecule has 3 unspecified atom stereocenters. The van der Waals surface area contributed by atoms with E-state index in [1.54, 1.807) is 18.0 Å². The summed E-state index contributed by atoms with van der Waals surface area (Å²) in [5, 5.41) is 3.80. The van der Waals surface area contributed by atoms with E-state index in [1.807, 2.05) is 13.8 Å². The van der Waals surface area contributed by atoms with Crippen LogP contribution in [0, 0.1) is 23.7 Å². The molecule has 0 aliphatic heterocycles. The van der Waals surface area contributed by atoms with Crippen LogP contribution < -0.4 is 5.32 Å². The van der Waals surface area contributed by atoms with Crippen molar-refractivity contribution in [3.05, 3.63) is 59.1 Å². The van der Waals surface area contributed by atoms with Crippen molar-refractivity contribution in [1.29, 1.82) is 0 Å². The van der Waals surface area contributed by atoms with E-state index in [2.05, 4.69) is 67.3 Å². The van der Waals surface area contributed by atoms with Gasteiger partial charge in [0.2, 0.25) is 0 Å². The molecule has 0 bridgehead atoms. The van der Waals surface area contributed by atoms with Crippen molar-refractivity contribution in [3.8, 4) is 0 Å². The maximum absolute atomic E-state index is 4.55. The van der Waals surface area contributed by atoms with Gasteiger partial charge in [-0.1, -0.05) is 79.0 Å². The molecule has 3 nitrogen and oxygen atoms in total. The summed E-state index contributed by atoms with van der Waals surface area (Å²) in [6.07, 6.45) is 15.8. The second kappa shape index (κ2) is 11.6. The molecule has 1 heterocycles. The van der Waals surface area contributed by atoms with E-state index in [-0.39, 0.29) is 2.85 Å². The molecule has 0 radical (unpaired) electrons. The van der Waals surface area contributed by atoms with Crippen LogP contribution in [0.25, 0.3) is 11.0 Å². The Balaban J connectivity index is 0.00000141. The van der Waals surface area contributed by atoms with Crippen molar-refractivity contribution in [1.82, 2.24) is 15.3 Å². The molecular formula is C29H47N3. The maximum Gasteiger partial charge on any atom is 0.0918 e. The monoisotopic (exact) mass is 437 g/mol. The standard InChI is InChI=1S/C27H37N3.C2H6.2H2/c1-5-10-20(6-2)25-18(4)26(25)22-11-8-9-12-23(22)30-17-19-15-21(7-3)27-24(16-19)28-13-14-29-27;1-2;;/h11-16,18,20,25-26,30H,5-10,17H2,1-4H3;1-2H3;2*1H/t18?,20-,25?,26?;;;/m1.../s1. The van der Waals surface area contributed by atoms with Crippen LogP contribution in [0.4, 0.5) is 0 Å². The van der Waals surface area contributed by atoms with Crippen LogP contribution in [-0.4, -0.2) is 9.97 Å². The lowest BCUT2D eigenvalue weighted by molar-refractivity contribution is 0.385. The van der Waals surface area contributed by atoms with Crippen LogP contribution in [-0.2, 0) is 13.0 Å². The topological polar surface area (TPSA) is 37.8 Å². The molecule has 1 saturated carbocycles. The first-order chi connectivity index (χ1) is 15.7. The van der Waals surface area contributed by atoms with E-state index in [0.717, 1.165) is 54.1 Å². The van der Waals surface area contributed by atoms with E-state index in [4.69, 9.17) is 0 Å². The lowest BCUT2D eigenvalue weighted by Crippen LogP contribution is -2.18. The zero-order valence-corrected chi connectivity index (χ0v) is 21.1. The summed E-state index contributed by atoms with van der Waals surface area (Å²) in [7, 11) is 0. The lowest BCUT2D eigenvalue weighted by atomic mass is 9.90. The number of nitrogens with zero attached hydrogens (tertiary/aromatic N) is 2. The Bertz CT molecular complexity index is 954. The molecule has 1 aromatic heterocycles. The highest BCUT2D eigenvalue weighted by atomic mass is 14.9. The number of rotatable bonds is 9. The highest BCUT2D eigenvalue weighted by Gasteiger charge is 2.52. The number of hydrogen-bond acceptors (Lipinski definition) is 3. The Labute approximate surface area is 198 Å². The lowest BCUT2D eigenvalue weighted by Gasteiger charge is -2.21. The zero-order valence-electron chi connectivity index (χ0n) is 21.1. The summed E-state index contributed by atoms with van der Waals surface area (Å²) in [6.45, 7) is 14.2. The first kappa shape index (κ1) is 24.5. The Morgan fingerprint density at radius 2 is 1.81 bits per heavy atom. The Hall–Kier alpha value is -2.16. The molecule has 178 valence electrons. The van der Waals surface area contributed by atoms with Gasteiger partial charge in [-0.25, -0.2) is 0 Å². The van der Waals surface area contributed by atoms with Gasteiger partial charge in [-0.3, -0.25) is 9.97 Å². The molecule has 4 rings (SSSR count). The molecule has 2 aromatic rings. The fraction of sp³-hybridized carbons (Fsp3) is 0.586. The molecule has 1 N–H and O–H groups in total. The van der Waals surface area contributed by atoms with Crippen molar-refractivity contribution in [2.45, 2.75) is 86.6 Å². The van der Waals surface area contributed by atoms with Gasteiger partial charge in [-0.15, -0.1) is 0 Å². The predicted molar refractivity (Wildman–Crippen MR) is 142 cm³/mol. The number of benzene rings is 1. The largest absolute Gasteiger partial charge is 0.381 e. The minimum atomic E-state index is 0. The SMILES string of the molecule is CC.CCC[C@@H](CC)C1C(C)C1C1=CCCC=C1NCc1cc(CC)c2nccnc2c1.[HH].[HH]. The molecule has 0 amide bonds. The normalized spacial score (nSPS) is 23.0. The van der Waals surface area contributed by atoms with Crippen LogP contribution in [0.1, 0.15) is 87.6 Å². The number of aromatic nitrogens is 2. The third kappa shape index (κ3) is 5.24. The quantitative estimate of drug-likeness (QED) is 0.430. The third-order valence-corrected chi connectivity index (χ3v) is 7.30. The van der Waals surface area contributed by atoms with Gasteiger partial charge in [0.15, 0.2) is 0 Å². The van der Waals surface area contributed by atoms with E-state index in [9.17, 15) is 0 Å². The molecule has 32 heavy (non-hydrogen) atoms. The van der Waals surface area contributed by atoms with E-state index in [1.165, 1.54) is 42.5 Å². The van der Waals surface area contributed by atoms with Gasteiger partial charge in [-0.05, 0) is 65.7 Å². The number of allylic oxidation sites excluding steroid dienone is 3. The molecule has 2 aliphatic rings. The molecule has 0 saturated heterocycles. The average molecular weight is 438 g/mol. The predicted octanol–water partition coefficient (Wildman–Crippen LogP) is 8.11. The molecule has 4 atom stereocenters. The van der Waals surface area contributed by atoms with Crippen molar-refractivity contribution < 1.29 is 2.85 Å². The summed E-state index contributed by atoms with van der Waals surface area (Å²) in [6, 6.07) is 4.49. The molecular weight excluding hydrogens is 390 g/mol. The smallest absolute Gasteiger partial charge is 0.0918 e. The van der Waals surface area contributed by atoms with Gasteiger partial charge < -0.3 is 5.32 Å². The number of aryl methyl sites for hydroxylation is 1. The minimum absolute atomic E-state index is 0. The number of nitrogens with one attached hydrogen (secondary N) is 1. The number of fused-ring (bicyclic) bond motifs is 1. The first-order valence-corrected chi connectivity index (χ1v) is 13.0. The van der Waals surface area contributed by atoms with Crippen LogP contribution >= 0.6 is 0 Å². The highest BCUT2D eigenvalue weighted by Crippen LogP contribution is 2.58. The van der Waals surface area contributed by atoms with Crippen LogP contribution in [0.2, 0.25) is 0 Å². The number of hydrogen-bond donors (Lipinski definition) is 1. The highest BCUT2D eigenvalue weighted by molar-refractivity contribution is 5.78. The van der Waals surface area contributed by atoms with Gasteiger partial charge in [0.05, 0.1) is 11.0 Å². The fourth-order valence-corrected chi connectivity index (χ4v) is 5.71. The maximum atomic E-state index is 4.55. The van der Waals surface area contributed by atoms with Crippen molar-refractivity contribution >= 4 is 11.0 Å². The van der Waals surface area contributed by atoms with Gasteiger partial charge in [0.1, 0.15) is 0 Å². The second-order valence-electron chi connectivity index (χ2n) is 9.16. The summed E-state index contributed by atoms with van der Waals surface area (Å²) in [5.74, 6) is 3.31. The van der Waals surface area contributed by atoms with Gasteiger partial charge in [-0.2, -0.15) is 0 Å². The van der Waals surface area contributed by atoms with E-state index in [0.29, 0.717) is 0 Å². The Morgan fingerprint density at radius 3 is 2.53 bits per heavy atom. The minimum Gasteiger partial charge on any atom is -0.381 e. The first-order valence-electron chi connectivity index (χ1n) is 13.0. The summed E-state index contributed by atoms with van der Waals surface area (Å²) in [4.78, 5) is 9.09. The van der Waals surface area contributed by atoms with Gasteiger partial charge in [0, 0.05) is 27.5 Å². The average Bonchev–Trinajstić information content (AvgIpc) is 3.51. The van der Waals surface area contributed by atoms with Crippen molar-refractivity contribution in [3.63, 3.8) is 0 Å².